The maximum Gasteiger partial charge on any atom is 0.0702 e. The first-order valence-corrected chi connectivity index (χ1v) is 6.27. The van der Waals surface area contributed by atoms with Gasteiger partial charge in [-0.05, 0) is 30.2 Å². The molecule has 0 aliphatic rings. The Balaban J connectivity index is 2.06. The predicted octanol–water partition coefficient (Wildman–Crippen LogP) is 3.02. The lowest BCUT2D eigenvalue weighted by molar-refractivity contribution is 0.505. The van der Waals surface area contributed by atoms with E-state index in [2.05, 4.69) is 41.5 Å². The van der Waals surface area contributed by atoms with Gasteiger partial charge in [-0.15, -0.1) is 0 Å². The van der Waals surface area contributed by atoms with Crippen LogP contribution in [0, 0.1) is 11.3 Å². The van der Waals surface area contributed by atoms with E-state index in [9.17, 15) is 0 Å². The zero-order valence-electron chi connectivity index (χ0n) is 10.6. The molecular weight excluding hydrogens is 222 g/mol. The van der Waals surface area contributed by atoms with E-state index in [4.69, 9.17) is 5.26 Å². The van der Waals surface area contributed by atoms with Crippen LogP contribution in [0.25, 0.3) is 10.9 Å². The predicted molar refractivity (Wildman–Crippen MR) is 72.9 cm³/mol. The van der Waals surface area contributed by atoms with E-state index in [-0.39, 0.29) is 6.04 Å². The molecule has 1 aromatic carbocycles. The maximum atomic E-state index is 8.71. The van der Waals surface area contributed by atoms with Gasteiger partial charge in [-0.3, -0.25) is 4.98 Å². The summed E-state index contributed by atoms with van der Waals surface area (Å²) in [4.78, 5) is 4.30. The smallest absolute Gasteiger partial charge is 0.0702 e. The number of fused-ring (bicyclic) bond motifs is 1. The third kappa shape index (κ3) is 3.06. The number of nitrogens with one attached hydrogen (secondary N) is 1. The maximum absolute atomic E-state index is 8.71. The van der Waals surface area contributed by atoms with Crippen molar-refractivity contribution in [3.05, 3.63) is 42.1 Å². The molecule has 0 amide bonds. The Morgan fingerprint density at radius 3 is 3.06 bits per heavy atom. The molecule has 1 unspecified atom stereocenters. The summed E-state index contributed by atoms with van der Waals surface area (Å²) in [6.07, 6.45) is 3.34. The monoisotopic (exact) mass is 239 g/mol. The summed E-state index contributed by atoms with van der Waals surface area (Å²) in [7, 11) is 0. The number of rotatable bonds is 5. The zero-order chi connectivity index (χ0) is 12.8. The van der Waals surface area contributed by atoms with Gasteiger partial charge >= 0.3 is 0 Å². The van der Waals surface area contributed by atoms with Crippen LogP contribution < -0.4 is 5.32 Å². The molecule has 92 valence electrons. The molecule has 0 spiro atoms. The van der Waals surface area contributed by atoms with Gasteiger partial charge in [0.05, 0.1) is 18.0 Å². The summed E-state index contributed by atoms with van der Waals surface area (Å²) < 4.78 is 0. The van der Waals surface area contributed by atoms with Crippen LogP contribution in [0.15, 0.2) is 36.5 Å². The highest BCUT2D eigenvalue weighted by Crippen LogP contribution is 2.13. The minimum absolute atomic E-state index is 0.277. The quantitative estimate of drug-likeness (QED) is 0.872. The van der Waals surface area contributed by atoms with Gasteiger partial charge in [0.2, 0.25) is 0 Å². The number of nitrogens with zero attached hydrogens (tertiary/aromatic N) is 2. The molecule has 0 saturated carbocycles. The lowest BCUT2D eigenvalue weighted by Crippen LogP contribution is -2.27. The SMILES string of the molecule is CCC(CC#N)NCc1ccc2ncccc2c1. The number of pyridine rings is 1. The van der Waals surface area contributed by atoms with Crippen molar-refractivity contribution >= 4 is 10.9 Å². The standard InChI is InChI=1S/C15H17N3/c1-2-14(7-8-16)18-11-12-5-6-15-13(10-12)4-3-9-17-15/h3-6,9-10,14,18H,2,7,11H2,1H3. The summed E-state index contributed by atoms with van der Waals surface area (Å²) in [5.41, 5.74) is 2.25. The molecule has 1 N–H and O–H groups in total. The van der Waals surface area contributed by atoms with Gasteiger partial charge in [0.15, 0.2) is 0 Å². The molecular formula is C15H17N3. The molecule has 0 saturated heterocycles. The molecule has 2 aromatic rings. The summed E-state index contributed by atoms with van der Waals surface area (Å²) >= 11 is 0. The van der Waals surface area contributed by atoms with E-state index in [1.54, 1.807) is 6.20 Å². The van der Waals surface area contributed by atoms with E-state index in [0.717, 1.165) is 23.9 Å². The average molecular weight is 239 g/mol. The van der Waals surface area contributed by atoms with Crippen molar-refractivity contribution in [1.82, 2.24) is 10.3 Å². The number of nitriles is 1. The summed E-state index contributed by atoms with van der Waals surface area (Å²) in [6.45, 7) is 2.89. The van der Waals surface area contributed by atoms with Crippen LogP contribution in [0.5, 0.6) is 0 Å². The summed E-state index contributed by atoms with van der Waals surface area (Å²) in [6, 6.07) is 12.8. The fourth-order valence-corrected chi connectivity index (χ4v) is 1.97. The van der Waals surface area contributed by atoms with Crippen molar-refractivity contribution < 1.29 is 0 Å². The Morgan fingerprint density at radius 1 is 1.39 bits per heavy atom. The molecule has 18 heavy (non-hydrogen) atoms. The van der Waals surface area contributed by atoms with E-state index < -0.39 is 0 Å². The minimum atomic E-state index is 0.277. The van der Waals surface area contributed by atoms with Crippen LogP contribution in [0.2, 0.25) is 0 Å². The second-order valence-corrected chi connectivity index (χ2v) is 4.38. The molecule has 0 fully saturated rings. The van der Waals surface area contributed by atoms with Crippen molar-refractivity contribution in [3.8, 4) is 6.07 Å². The highest BCUT2D eigenvalue weighted by Gasteiger charge is 2.04. The molecule has 0 bridgehead atoms. The van der Waals surface area contributed by atoms with Crippen LogP contribution >= 0.6 is 0 Å². The van der Waals surface area contributed by atoms with Crippen molar-refractivity contribution in [2.24, 2.45) is 0 Å². The van der Waals surface area contributed by atoms with E-state index in [0.29, 0.717) is 6.42 Å². The third-order valence-corrected chi connectivity index (χ3v) is 3.09. The molecule has 1 aromatic heterocycles. The molecule has 1 atom stereocenters. The van der Waals surface area contributed by atoms with Gasteiger partial charge in [0.1, 0.15) is 0 Å². The number of hydrogen-bond donors (Lipinski definition) is 1. The van der Waals surface area contributed by atoms with Crippen LogP contribution in [0.3, 0.4) is 0 Å². The van der Waals surface area contributed by atoms with E-state index >= 15 is 0 Å². The zero-order valence-corrected chi connectivity index (χ0v) is 10.6. The Labute approximate surface area is 107 Å². The molecule has 3 heteroatoms. The Bertz CT molecular complexity index is 557. The van der Waals surface area contributed by atoms with E-state index in [1.165, 1.54) is 5.56 Å². The topological polar surface area (TPSA) is 48.7 Å². The summed E-state index contributed by atoms with van der Waals surface area (Å²) in [5.74, 6) is 0. The first-order valence-electron chi connectivity index (χ1n) is 6.27. The van der Waals surface area contributed by atoms with Crippen LogP contribution in [-0.4, -0.2) is 11.0 Å². The second kappa shape index (κ2) is 6.13. The highest BCUT2D eigenvalue weighted by atomic mass is 14.9. The average Bonchev–Trinajstić information content (AvgIpc) is 2.43. The van der Waals surface area contributed by atoms with Gasteiger partial charge in [-0.25, -0.2) is 0 Å². The molecule has 2 rings (SSSR count). The van der Waals surface area contributed by atoms with Gasteiger partial charge in [0.25, 0.3) is 0 Å². The van der Waals surface area contributed by atoms with Gasteiger partial charge in [-0.2, -0.15) is 5.26 Å². The Morgan fingerprint density at radius 2 is 2.28 bits per heavy atom. The van der Waals surface area contributed by atoms with Crippen LogP contribution in [-0.2, 0) is 6.54 Å². The highest BCUT2D eigenvalue weighted by molar-refractivity contribution is 5.78. The lowest BCUT2D eigenvalue weighted by Gasteiger charge is -2.13. The number of hydrogen-bond acceptors (Lipinski definition) is 3. The minimum Gasteiger partial charge on any atom is -0.309 e. The van der Waals surface area contributed by atoms with Crippen molar-refractivity contribution in [2.75, 3.05) is 0 Å². The molecule has 1 heterocycles. The largest absolute Gasteiger partial charge is 0.309 e. The van der Waals surface area contributed by atoms with Gasteiger partial charge < -0.3 is 5.32 Å². The van der Waals surface area contributed by atoms with Crippen LogP contribution in [0.4, 0.5) is 0 Å². The summed E-state index contributed by atoms with van der Waals surface area (Å²) in [5, 5.41) is 13.3. The van der Waals surface area contributed by atoms with Crippen molar-refractivity contribution in [2.45, 2.75) is 32.4 Å². The third-order valence-electron chi connectivity index (χ3n) is 3.09. The molecule has 0 radical (unpaired) electrons. The lowest BCUT2D eigenvalue weighted by atomic mass is 10.1. The Kier molecular flexibility index (Phi) is 4.27. The number of aromatic nitrogens is 1. The fraction of sp³-hybridized carbons (Fsp3) is 0.333. The normalized spacial score (nSPS) is 12.2. The molecule has 0 aliphatic carbocycles. The first kappa shape index (κ1) is 12.5. The van der Waals surface area contributed by atoms with Crippen LogP contribution in [0.1, 0.15) is 25.3 Å². The molecule has 3 nitrogen and oxygen atoms in total. The van der Waals surface area contributed by atoms with Crippen molar-refractivity contribution in [1.29, 1.82) is 5.26 Å². The van der Waals surface area contributed by atoms with Gasteiger partial charge in [0, 0.05) is 24.2 Å². The first-order chi connectivity index (χ1) is 8.83. The fourth-order valence-electron chi connectivity index (χ4n) is 1.97. The van der Waals surface area contributed by atoms with E-state index in [1.807, 2.05) is 12.1 Å². The van der Waals surface area contributed by atoms with Crippen molar-refractivity contribution in [3.63, 3.8) is 0 Å². The number of benzene rings is 1. The van der Waals surface area contributed by atoms with Gasteiger partial charge in [-0.1, -0.05) is 19.1 Å². The second-order valence-electron chi connectivity index (χ2n) is 4.38. The molecule has 0 aliphatic heterocycles. The Hall–Kier alpha value is -1.92.